The molecular weight excluding hydrogens is 284 g/mol. The smallest absolute Gasteiger partial charge is 0.252 e. The third kappa shape index (κ3) is 3.20. The predicted octanol–water partition coefficient (Wildman–Crippen LogP) is 1.68. The van der Waals surface area contributed by atoms with E-state index in [1.165, 1.54) is 6.42 Å². The summed E-state index contributed by atoms with van der Waals surface area (Å²) in [5, 5.41) is 3.34. The highest BCUT2D eigenvalue weighted by Gasteiger charge is 2.16. The van der Waals surface area contributed by atoms with Gasteiger partial charge in [-0.3, -0.25) is 4.79 Å². The third-order valence-corrected chi connectivity index (χ3v) is 3.30. The largest absolute Gasteiger partial charge is 0.491 e. The number of benzene rings is 1. The molecule has 1 aromatic rings. The van der Waals surface area contributed by atoms with Crippen LogP contribution >= 0.6 is 15.9 Å². The molecule has 2 rings (SSSR count). The zero-order valence-corrected chi connectivity index (χ0v) is 11.0. The topological polar surface area (TPSA) is 64.4 Å². The van der Waals surface area contributed by atoms with Crippen LogP contribution in [-0.4, -0.2) is 25.1 Å². The number of carbonyl (C=O) groups excluding carboxylic acids is 1. The molecule has 1 unspecified atom stereocenters. The number of ether oxygens (including phenoxy) is 1. The number of hydrogen-bond acceptors (Lipinski definition) is 3. The Balaban J connectivity index is 2.06. The maximum Gasteiger partial charge on any atom is 0.252 e. The van der Waals surface area contributed by atoms with Gasteiger partial charge in [-0.2, -0.15) is 0 Å². The van der Waals surface area contributed by atoms with E-state index in [1.807, 2.05) is 6.07 Å². The van der Waals surface area contributed by atoms with Gasteiger partial charge in [0, 0.05) is 10.5 Å². The van der Waals surface area contributed by atoms with Crippen LogP contribution in [0.5, 0.6) is 5.75 Å². The number of nitrogens with two attached hydrogens (primary N) is 1. The van der Waals surface area contributed by atoms with Crippen LogP contribution in [0.1, 0.15) is 23.2 Å². The minimum atomic E-state index is -0.472. The van der Waals surface area contributed by atoms with E-state index in [-0.39, 0.29) is 0 Å². The molecule has 1 aromatic carbocycles. The summed E-state index contributed by atoms with van der Waals surface area (Å²) in [6, 6.07) is 5.65. The Morgan fingerprint density at radius 1 is 1.59 bits per heavy atom. The van der Waals surface area contributed by atoms with Crippen molar-refractivity contribution in [2.45, 2.75) is 18.9 Å². The lowest BCUT2D eigenvalue weighted by Crippen LogP contribution is -2.28. The molecule has 0 bridgehead atoms. The first-order valence-electron chi connectivity index (χ1n) is 5.62. The summed E-state index contributed by atoms with van der Waals surface area (Å²) in [6.07, 6.45) is 2.29. The van der Waals surface area contributed by atoms with Gasteiger partial charge in [-0.1, -0.05) is 15.9 Å². The van der Waals surface area contributed by atoms with Crippen LogP contribution in [-0.2, 0) is 0 Å². The molecule has 0 aliphatic carbocycles. The molecule has 3 N–H and O–H groups in total. The first-order valence-corrected chi connectivity index (χ1v) is 6.41. The number of rotatable bonds is 4. The van der Waals surface area contributed by atoms with Gasteiger partial charge in [-0.15, -0.1) is 0 Å². The summed E-state index contributed by atoms with van der Waals surface area (Å²) < 4.78 is 6.47. The number of carbonyl (C=O) groups is 1. The second-order valence-electron chi connectivity index (χ2n) is 4.11. The lowest BCUT2D eigenvalue weighted by atomic mass is 10.2. The summed E-state index contributed by atoms with van der Waals surface area (Å²) in [5.41, 5.74) is 5.73. The Labute approximate surface area is 109 Å². The Bertz CT molecular complexity index is 417. The first kappa shape index (κ1) is 12.4. The number of halogens is 1. The predicted molar refractivity (Wildman–Crippen MR) is 69.2 cm³/mol. The second-order valence-corrected chi connectivity index (χ2v) is 5.02. The van der Waals surface area contributed by atoms with Gasteiger partial charge in [0.05, 0.1) is 5.56 Å². The molecule has 0 aromatic heterocycles. The summed E-state index contributed by atoms with van der Waals surface area (Å²) >= 11 is 3.31. The molecule has 1 aliphatic heterocycles. The molecule has 0 saturated carbocycles. The number of amides is 1. The highest BCUT2D eigenvalue weighted by atomic mass is 79.9. The Hall–Kier alpha value is -1.07. The van der Waals surface area contributed by atoms with Crippen LogP contribution < -0.4 is 15.8 Å². The fourth-order valence-corrected chi connectivity index (χ4v) is 2.27. The summed E-state index contributed by atoms with van der Waals surface area (Å²) in [6.45, 7) is 1.61. The number of nitrogens with one attached hydrogen (secondary N) is 1. The van der Waals surface area contributed by atoms with Gasteiger partial charge in [0.15, 0.2) is 0 Å². The highest BCUT2D eigenvalue weighted by molar-refractivity contribution is 9.10. The Morgan fingerprint density at radius 3 is 3.06 bits per heavy atom. The molecule has 1 saturated heterocycles. The quantitative estimate of drug-likeness (QED) is 0.889. The second kappa shape index (κ2) is 5.51. The molecular formula is C12H15BrN2O2. The summed E-state index contributed by atoms with van der Waals surface area (Å²) in [7, 11) is 0. The van der Waals surface area contributed by atoms with Crippen LogP contribution in [0, 0.1) is 0 Å². The van der Waals surface area contributed by atoms with Crippen molar-refractivity contribution in [1.82, 2.24) is 5.32 Å². The van der Waals surface area contributed by atoms with Gasteiger partial charge in [0.25, 0.3) is 5.91 Å². The molecule has 1 aliphatic rings. The van der Waals surface area contributed by atoms with Gasteiger partial charge in [0.1, 0.15) is 12.4 Å². The minimum absolute atomic E-state index is 0.374. The van der Waals surface area contributed by atoms with Crippen LogP contribution in [0.3, 0.4) is 0 Å². The lowest BCUT2D eigenvalue weighted by molar-refractivity contribution is 0.0995. The fraction of sp³-hybridized carbons (Fsp3) is 0.417. The summed E-state index contributed by atoms with van der Waals surface area (Å²) in [5.74, 6) is 0.0788. The normalized spacial score (nSPS) is 19.2. The van der Waals surface area contributed by atoms with E-state index in [0.717, 1.165) is 17.4 Å². The molecule has 1 amide bonds. The van der Waals surface area contributed by atoms with Crippen molar-refractivity contribution >= 4 is 21.8 Å². The average molecular weight is 299 g/mol. The Kier molecular flexibility index (Phi) is 4.02. The molecule has 17 heavy (non-hydrogen) atoms. The maximum absolute atomic E-state index is 11.3. The van der Waals surface area contributed by atoms with E-state index < -0.39 is 5.91 Å². The van der Waals surface area contributed by atoms with Gasteiger partial charge in [-0.05, 0) is 37.6 Å². The van der Waals surface area contributed by atoms with Gasteiger partial charge >= 0.3 is 0 Å². The van der Waals surface area contributed by atoms with E-state index in [9.17, 15) is 4.79 Å². The van der Waals surface area contributed by atoms with Crippen LogP contribution in [0.15, 0.2) is 22.7 Å². The van der Waals surface area contributed by atoms with Crippen molar-refractivity contribution in [3.05, 3.63) is 28.2 Å². The average Bonchev–Trinajstić information content (AvgIpc) is 2.80. The van der Waals surface area contributed by atoms with Gasteiger partial charge < -0.3 is 15.8 Å². The van der Waals surface area contributed by atoms with E-state index in [4.69, 9.17) is 10.5 Å². The number of primary amides is 1. The minimum Gasteiger partial charge on any atom is -0.491 e. The van der Waals surface area contributed by atoms with Crippen LogP contribution in [0.25, 0.3) is 0 Å². The first-order chi connectivity index (χ1) is 8.16. The molecule has 0 radical (unpaired) electrons. The molecule has 1 heterocycles. The molecule has 92 valence electrons. The van der Waals surface area contributed by atoms with E-state index >= 15 is 0 Å². The van der Waals surface area contributed by atoms with Crippen molar-refractivity contribution in [3.63, 3.8) is 0 Å². The zero-order chi connectivity index (χ0) is 12.3. The van der Waals surface area contributed by atoms with E-state index in [0.29, 0.717) is 24.0 Å². The molecule has 1 fully saturated rings. The van der Waals surface area contributed by atoms with Crippen molar-refractivity contribution in [1.29, 1.82) is 0 Å². The van der Waals surface area contributed by atoms with Crippen molar-refractivity contribution < 1.29 is 9.53 Å². The standard InChI is InChI=1S/C12H15BrN2O2/c13-8-3-4-11(10(6-8)12(14)16)17-7-9-2-1-5-15-9/h3-4,6,9,15H,1-2,5,7H2,(H2,14,16). The monoisotopic (exact) mass is 298 g/mol. The van der Waals surface area contributed by atoms with Gasteiger partial charge in [-0.25, -0.2) is 0 Å². The molecule has 0 spiro atoms. The van der Waals surface area contributed by atoms with Crippen molar-refractivity contribution in [2.24, 2.45) is 5.73 Å². The van der Waals surface area contributed by atoms with Crippen molar-refractivity contribution in [3.8, 4) is 5.75 Å². The zero-order valence-electron chi connectivity index (χ0n) is 9.41. The molecule has 5 heteroatoms. The van der Waals surface area contributed by atoms with E-state index in [1.54, 1.807) is 12.1 Å². The molecule has 4 nitrogen and oxygen atoms in total. The lowest BCUT2D eigenvalue weighted by Gasteiger charge is -2.14. The summed E-state index contributed by atoms with van der Waals surface area (Å²) in [4.78, 5) is 11.3. The highest BCUT2D eigenvalue weighted by Crippen LogP contribution is 2.23. The SMILES string of the molecule is NC(=O)c1cc(Br)ccc1OCC1CCCN1. The molecule has 1 atom stereocenters. The van der Waals surface area contributed by atoms with Gasteiger partial charge in [0.2, 0.25) is 0 Å². The van der Waals surface area contributed by atoms with Crippen LogP contribution in [0.4, 0.5) is 0 Å². The van der Waals surface area contributed by atoms with Crippen molar-refractivity contribution in [2.75, 3.05) is 13.2 Å². The van der Waals surface area contributed by atoms with Crippen LogP contribution in [0.2, 0.25) is 0 Å². The fourth-order valence-electron chi connectivity index (χ4n) is 1.91. The maximum atomic E-state index is 11.3. The van der Waals surface area contributed by atoms with E-state index in [2.05, 4.69) is 21.2 Å². The Morgan fingerprint density at radius 2 is 2.41 bits per heavy atom. The third-order valence-electron chi connectivity index (χ3n) is 2.81. The number of hydrogen-bond donors (Lipinski definition) is 2.